The molecule has 0 radical (unpaired) electrons. The van der Waals surface area contributed by atoms with E-state index in [1.807, 2.05) is 24.4 Å². The van der Waals surface area contributed by atoms with Gasteiger partial charge in [-0.3, -0.25) is 0 Å². The predicted octanol–water partition coefficient (Wildman–Crippen LogP) is 3.77. The molecule has 4 heteroatoms. The van der Waals surface area contributed by atoms with E-state index < -0.39 is 0 Å². The van der Waals surface area contributed by atoms with Gasteiger partial charge in [-0.15, -0.1) is 0 Å². The molecule has 4 nitrogen and oxygen atoms in total. The highest BCUT2D eigenvalue weighted by Gasteiger charge is 2.19. The number of hydrogen-bond acceptors (Lipinski definition) is 4. The Labute approximate surface area is 132 Å². The van der Waals surface area contributed by atoms with Crippen LogP contribution in [0.15, 0.2) is 30.5 Å². The van der Waals surface area contributed by atoms with Gasteiger partial charge in [0, 0.05) is 18.1 Å². The number of methoxy groups -OCH3 is 2. The van der Waals surface area contributed by atoms with E-state index in [4.69, 9.17) is 9.47 Å². The van der Waals surface area contributed by atoms with Crippen molar-refractivity contribution in [2.24, 2.45) is 0 Å². The van der Waals surface area contributed by atoms with E-state index in [-0.39, 0.29) is 5.41 Å². The van der Waals surface area contributed by atoms with Crippen LogP contribution < -0.4 is 9.47 Å². The molecule has 1 heterocycles. The van der Waals surface area contributed by atoms with Gasteiger partial charge in [0.2, 0.25) is 0 Å². The first kappa shape index (κ1) is 16.3. The maximum atomic E-state index is 5.45. The lowest BCUT2D eigenvalue weighted by Crippen LogP contribution is -2.16. The Morgan fingerprint density at radius 2 is 1.86 bits per heavy atom. The van der Waals surface area contributed by atoms with Gasteiger partial charge in [0.1, 0.15) is 11.5 Å². The molecule has 0 spiro atoms. The highest BCUT2D eigenvalue weighted by Crippen LogP contribution is 2.29. The molecule has 0 bridgehead atoms. The molecule has 0 aliphatic carbocycles. The summed E-state index contributed by atoms with van der Waals surface area (Å²) < 4.78 is 10.7. The topological polar surface area (TPSA) is 44.2 Å². The molecule has 0 aliphatic rings. The molecule has 2 aromatic rings. The van der Waals surface area contributed by atoms with Crippen molar-refractivity contribution in [3.63, 3.8) is 0 Å². The molecule has 0 saturated heterocycles. The van der Waals surface area contributed by atoms with Gasteiger partial charge in [0.05, 0.1) is 26.1 Å². The fraction of sp³-hybridized carbons (Fsp3) is 0.444. The lowest BCUT2D eigenvalue weighted by Gasteiger charge is -2.23. The second-order valence-electron chi connectivity index (χ2n) is 6.03. The van der Waals surface area contributed by atoms with Gasteiger partial charge < -0.3 is 9.47 Å². The van der Waals surface area contributed by atoms with Crippen molar-refractivity contribution >= 4 is 0 Å². The molecule has 0 saturated carbocycles. The molecule has 1 aromatic heterocycles. The molecule has 2 rings (SSSR count). The molecule has 0 N–H and O–H groups in total. The van der Waals surface area contributed by atoms with Gasteiger partial charge in [-0.2, -0.15) is 10.2 Å². The van der Waals surface area contributed by atoms with Crippen molar-refractivity contribution in [2.45, 2.75) is 39.0 Å². The quantitative estimate of drug-likeness (QED) is 0.814. The standard InChI is InChI=1S/C18H24N2O2/c1-6-18(2,3)14-10-15(20-19-12-14)9-13-7-8-16(21-4)11-17(13)22-5/h7-8,10-12H,6,9H2,1-5H3. The van der Waals surface area contributed by atoms with Crippen molar-refractivity contribution in [2.75, 3.05) is 14.2 Å². The van der Waals surface area contributed by atoms with Gasteiger partial charge >= 0.3 is 0 Å². The normalized spacial score (nSPS) is 11.3. The molecule has 118 valence electrons. The Hall–Kier alpha value is -2.10. The molecule has 0 atom stereocenters. The van der Waals surface area contributed by atoms with E-state index in [2.05, 4.69) is 37.0 Å². The smallest absolute Gasteiger partial charge is 0.126 e. The monoisotopic (exact) mass is 300 g/mol. The van der Waals surface area contributed by atoms with E-state index in [1.165, 1.54) is 5.56 Å². The summed E-state index contributed by atoms with van der Waals surface area (Å²) >= 11 is 0. The van der Waals surface area contributed by atoms with Crippen LogP contribution in [0.1, 0.15) is 44.0 Å². The maximum Gasteiger partial charge on any atom is 0.126 e. The number of rotatable bonds is 6. The largest absolute Gasteiger partial charge is 0.497 e. The minimum absolute atomic E-state index is 0.106. The van der Waals surface area contributed by atoms with E-state index >= 15 is 0 Å². The second kappa shape index (κ2) is 6.77. The fourth-order valence-corrected chi connectivity index (χ4v) is 2.26. The van der Waals surface area contributed by atoms with Crippen LogP contribution in [0.25, 0.3) is 0 Å². The van der Waals surface area contributed by atoms with E-state index in [0.717, 1.165) is 29.2 Å². The molecule has 0 unspecified atom stereocenters. The molecule has 0 fully saturated rings. The van der Waals surface area contributed by atoms with Gasteiger partial charge in [0.15, 0.2) is 0 Å². The van der Waals surface area contributed by atoms with Gasteiger partial charge in [-0.25, -0.2) is 0 Å². The lowest BCUT2D eigenvalue weighted by atomic mass is 9.83. The van der Waals surface area contributed by atoms with Crippen molar-refractivity contribution in [3.8, 4) is 11.5 Å². The van der Waals surface area contributed by atoms with Crippen LogP contribution in [0, 0.1) is 0 Å². The van der Waals surface area contributed by atoms with Gasteiger partial charge in [0.25, 0.3) is 0 Å². The summed E-state index contributed by atoms with van der Waals surface area (Å²) in [4.78, 5) is 0. The summed E-state index contributed by atoms with van der Waals surface area (Å²) in [5.41, 5.74) is 3.34. The Morgan fingerprint density at radius 3 is 2.50 bits per heavy atom. The Kier molecular flexibility index (Phi) is 5.01. The maximum absolute atomic E-state index is 5.45. The minimum atomic E-state index is 0.106. The summed E-state index contributed by atoms with van der Waals surface area (Å²) in [5.74, 6) is 1.59. The second-order valence-corrected chi connectivity index (χ2v) is 6.03. The third-order valence-electron chi connectivity index (χ3n) is 4.24. The zero-order valence-corrected chi connectivity index (χ0v) is 14.0. The number of nitrogens with zero attached hydrogens (tertiary/aromatic N) is 2. The van der Waals surface area contributed by atoms with Crippen LogP contribution in [0.2, 0.25) is 0 Å². The molecule has 22 heavy (non-hydrogen) atoms. The van der Waals surface area contributed by atoms with Crippen molar-refractivity contribution in [3.05, 3.63) is 47.3 Å². The van der Waals surface area contributed by atoms with Crippen molar-refractivity contribution in [1.82, 2.24) is 10.2 Å². The number of aromatic nitrogens is 2. The minimum Gasteiger partial charge on any atom is -0.497 e. The van der Waals surface area contributed by atoms with Crippen molar-refractivity contribution in [1.29, 1.82) is 0 Å². The summed E-state index contributed by atoms with van der Waals surface area (Å²) in [6, 6.07) is 7.98. The lowest BCUT2D eigenvalue weighted by molar-refractivity contribution is 0.391. The third-order valence-corrected chi connectivity index (χ3v) is 4.24. The molecule has 0 amide bonds. The number of benzene rings is 1. The molecule has 0 aliphatic heterocycles. The average Bonchev–Trinajstić information content (AvgIpc) is 2.55. The predicted molar refractivity (Wildman–Crippen MR) is 87.7 cm³/mol. The summed E-state index contributed by atoms with van der Waals surface area (Å²) in [5, 5.41) is 8.43. The van der Waals surface area contributed by atoms with E-state index in [9.17, 15) is 0 Å². The molecule has 1 aromatic carbocycles. The molecular formula is C18H24N2O2. The SMILES string of the molecule is CCC(C)(C)c1cnnc(Cc2ccc(OC)cc2OC)c1. The van der Waals surface area contributed by atoms with Crippen LogP contribution in [0.5, 0.6) is 11.5 Å². The third kappa shape index (κ3) is 3.56. The van der Waals surface area contributed by atoms with Crippen molar-refractivity contribution < 1.29 is 9.47 Å². The average molecular weight is 300 g/mol. The van der Waals surface area contributed by atoms with E-state index in [1.54, 1.807) is 14.2 Å². The van der Waals surface area contributed by atoms with Gasteiger partial charge in [-0.1, -0.05) is 26.8 Å². The van der Waals surface area contributed by atoms with E-state index in [0.29, 0.717) is 6.42 Å². The highest BCUT2D eigenvalue weighted by atomic mass is 16.5. The molecular weight excluding hydrogens is 276 g/mol. The first-order valence-corrected chi connectivity index (χ1v) is 7.53. The fourth-order valence-electron chi connectivity index (χ4n) is 2.26. The summed E-state index contributed by atoms with van der Waals surface area (Å²) in [6.45, 7) is 6.64. The van der Waals surface area contributed by atoms with Crippen LogP contribution in [-0.2, 0) is 11.8 Å². The first-order valence-electron chi connectivity index (χ1n) is 7.53. The van der Waals surface area contributed by atoms with Gasteiger partial charge in [-0.05, 0) is 29.5 Å². The number of ether oxygens (including phenoxy) is 2. The Bertz CT molecular complexity index is 639. The van der Waals surface area contributed by atoms with Crippen LogP contribution >= 0.6 is 0 Å². The van der Waals surface area contributed by atoms with Crippen LogP contribution in [-0.4, -0.2) is 24.4 Å². The number of hydrogen-bond donors (Lipinski definition) is 0. The highest BCUT2D eigenvalue weighted by molar-refractivity contribution is 5.42. The summed E-state index contributed by atoms with van der Waals surface area (Å²) in [6.07, 6.45) is 3.61. The Morgan fingerprint density at radius 1 is 1.09 bits per heavy atom. The Balaban J connectivity index is 2.30. The first-order chi connectivity index (χ1) is 10.5. The van der Waals surface area contributed by atoms with Crippen LogP contribution in [0.4, 0.5) is 0 Å². The van der Waals surface area contributed by atoms with Crippen LogP contribution in [0.3, 0.4) is 0 Å². The zero-order chi connectivity index (χ0) is 16.2. The summed E-state index contributed by atoms with van der Waals surface area (Å²) in [7, 11) is 3.32. The zero-order valence-electron chi connectivity index (χ0n) is 14.0.